The molecule has 8 rings (SSSR count). The van der Waals surface area contributed by atoms with Crippen molar-refractivity contribution >= 4 is 34.2 Å². The van der Waals surface area contributed by atoms with Gasteiger partial charge >= 0.3 is 0 Å². The zero-order valence-corrected chi connectivity index (χ0v) is 28.5. The number of aromatic nitrogens is 7. The third kappa shape index (κ3) is 6.02. The maximum Gasteiger partial charge on any atom is 0.237 e. The van der Waals surface area contributed by atoms with Crippen molar-refractivity contribution in [3.63, 3.8) is 0 Å². The Balaban J connectivity index is 0.889. The van der Waals surface area contributed by atoms with Gasteiger partial charge < -0.3 is 9.64 Å². The fourth-order valence-corrected chi connectivity index (χ4v) is 7.34. The molecule has 0 bridgehead atoms. The van der Waals surface area contributed by atoms with Crippen molar-refractivity contribution in [1.82, 2.24) is 44.7 Å². The van der Waals surface area contributed by atoms with Crippen LogP contribution < -0.4 is 9.64 Å². The number of carbonyl (C=O) groups is 2. The average molecular weight is 673 g/mol. The number of fused-ring (bicyclic) bond motifs is 1. The van der Waals surface area contributed by atoms with E-state index in [1.54, 1.807) is 22.1 Å². The molecule has 50 heavy (non-hydrogen) atoms. The number of nitrogens with one attached hydrogen (secondary N) is 1. The van der Waals surface area contributed by atoms with E-state index in [0.717, 1.165) is 48.0 Å². The Morgan fingerprint density at radius 2 is 1.78 bits per heavy atom. The average Bonchev–Trinajstić information content (AvgIpc) is 3.92. The first kappa shape index (κ1) is 31.8. The summed E-state index contributed by atoms with van der Waals surface area (Å²) >= 11 is 0. The van der Waals surface area contributed by atoms with Gasteiger partial charge in [-0.1, -0.05) is 30.3 Å². The first-order valence-electron chi connectivity index (χ1n) is 17.2. The summed E-state index contributed by atoms with van der Waals surface area (Å²) < 4.78 is 7.38. The number of amides is 2. The van der Waals surface area contributed by atoms with Crippen LogP contribution in [0.25, 0.3) is 39.3 Å². The van der Waals surface area contributed by atoms with Gasteiger partial charge in [0.25, 0.3) is 0 Å². The summed E-state index contributed by atoms with van der Waals surface area (Å²) in [6.07, 6.45) is 7.88. The Labute approximate surface area is 290 Å². The van der Waals surface area contributed by atoms with E-state index in [0.29, 0.717) is 61.5 Å². The minimum atomic E-state index is -0.502. The molecular formula is C37H40N10O3. The molecule has 0 radical (unpaired) electrons. The van der Waals surface area contributed by atoms with Crippen molar-refractivity contribution in [2.24, 2.45) is 12.5 Å². The minimum absolute atomic E-state index is 0.0331. The summed E-state index contributed by atoms with van der Waals surface area (Å²) in [7, 11) is 1.86. The second kappa shape index (κ2) is 12.8. The molecule has 2 fully saturated rings. The van der Waals surface area contributed by atoms with Gasteiger partial charge in [0.1, 0.15) is 23.4 Å². The number of rotatable bonds is 8. The molecule has 3 aliphatic heterocycles. The highest BCUT2D eigenvalue weighted by molar-refractivity contribution is 6.01. The number of H-pyrrole nitrogens is 1. The predicted octanol–water partition coefficient (Wildman–Crippen LogP) is 4.35. The molecule has 3 aliphatic rings. The van der Waals surface area contributed by atoms with Crippen LogP contribution in [-0.4, -0.2) is 102 Å². The van der Waals surface area contributed by atoms with Crippen molar-refractivity contribution in [3.05, 3.63) is 72.7 Å². The van der Waals surface area contributed by atoms with Crippen LogP contribution in [0.15, 0.2) is 67.1 Å². The second-order valence-electron chi connectivity index (χ2n) is 13.8. The number of hydrogen-bond acceptors (Lipinski definition) is 9. The van der Waals surface area contributed by atoms with E-state index in [-0.39, 0.29) is 17.9 Å². The largest absolute Gasteiger partial charge is 0.475 e. The van der Waals surface area contributed by atoms with Crippen LogP contribution in [0.1, 0.15) is 38.7 Å². The molecule has 7 heterocycles. The molecule has 1 aromatic carbocycles. The number of likely N-dealkylation sites (tertiary alicyclic amines) is 1. The highest BCUT2D eigenvalue weighted by atomic mass is 16.5. The maximum atomic E-state index is 14.0. The molecule has 256 valence electrons. The van der Waals surface area contributed by atoms with Gasteiger partial charge in [-0.05, 0) is 69.0 Å². The zero-order valence-electron chi connectivity index (χ0n) is 28.5. The molecule has 5 aromatic rings. The second-order valence-corrected chi connectivity index (χ2v) is 13.8. The molecule has 0 aliphatic carbocycles. The number of aryl methyl sites for hydroxylation is 1. The number of aromatic amines is 1. The number of ether oxygens (including phenoxy) is 1. The summed E-state index contributed by atoms with van der Waals surface area (Å²) in [5.41, 5.74) is 5.83. The fourth-order valence-electron chi connectivity index (χ4n) is 7.34. The van der Waals surface area contributed by atoms with Crippen LogP contribution >= 0.6 is 0 Å². The number of carbonyl (C=O) groups excluding carboxylic acids is 2. The van der Waals surface area contributed by atoms with Gasteiger partial charge in [-0.25, -0.2) is 15.0 Å². The van der Waals surface area contributed by atoms with Crippen LogP contribution in [0, 0.1) is 5.41 Å². The van der Waals surface area contributed by atoms with Crippen LogP contribution in [0.5, 0.6) is 5.88 Å². The maximum absolute atomic E-state index is 14.0. The van der Waals surface area contributed by atoms with Crippen LogP contribution in [0.2, 0.25) is 0 Å². The Morgan fingerprint density at radius 1 is 0.980 bits per heavy atom. The lowest BCUT2D eigenvalue weighted by atomic mass is 9.85. The van der Waals surface area contributed by atoms with E-state index in [1.165, 1.54) is 5.57 Å². The topological polar surface area (TPSA) is 138 Å². The van der Waals surface area contributed by atoms with Crippen molar-refractivity contribution in [2.75, 3.05) is 44.2 Å². The summed E-state index contributed by atoms with van der Waals surface area (Å²) in [5, 5.41) is 11.9. The lowest BCUT2D eigenvalue weighted by Crippen LogP contribution is -2.43. The quantitative estimate of drug-likeness (QED) is 0.255. The normalized spacial score (nSPS) is 19.7. The lowest BCUT2D eigenvalue weighted by Gasteiger charge is -2.29. The number of hydrogen-bond donors (Lipinski definition) is 1. The van der Waals surface area contributed by atoms with E-state index in [9.17, 15) is 9.59 Å². The van der Waals surface area contributed by atoms with Crippen molar-refractivity contribution in [3.8, 4) is 28.5 Å². The monoisotopic (exact) mass is 672 g/mol. The third-order valence-electron chi connectivity index (χ3n) is 10.0. The van der Waals surface area contributed by atoms with Crippen molar-refractivity contribution in [1.29, 1.82) is 0 Å². The molecule has 1 unspecified atom stereocenters. The van der Waals surface area contributed by atoms with E-state index >= 15 is 0 Å². The molecule has 0 saturated carbocycles. The molecule has 4 aromatic heterocycles. The van der Waals surface area contributed by atoms with Crippen LogP contribution in [0.4, 0.5) is 5.82 Å². The van der Waals surface area contributed by atoms with E-state index in [1.807, 2.05) is 62.2 Å². The molecular weight excluding hydrogens is 632 g/mol. The SMILES string of the molecule is CC(C)Oc1ccc(-c2n[nH]c3ccc(N4CCC5(CCN(CC(=O)N6CC=C(c7ccc(-c8ncn(C)n8)cc7)CC6)C5)C4=O)nc23)cn1. The Bertz CT molecular complexity index is 2080. The lowest BCUT2D eigenvalue weighted by molar-refractivity contribution is -0.132. The first-order chi connectivity index (χ1) is 24.2. The number of anilines is 1. The number of nitrogens with zero attached hydrogens (tertiary/aromatic N) is 9. The minimum Gasteiger partial charge on any atom is -0.475 e. The smallest absolute Gasteiger partial charge is 0.237 e. The Kier molecular flexibility index (Phi) is 8.14. The number of benzene rings is 1. The van der Waals surface area contributed by atoms with Gasteiger partial charge in [0, 0.05) is 56.6 Å². The van der Waals surface area contributed by atoms with Gasteiger partial charge in [0.2, 0.25) is 17.7 Å². The van der Waals surface area contributed by atoms with Gasteiger partial charge in [-0.2, -0.15) is 10.2 Å². The van der Waals surface area contributed by atoms with Crippen molar-refractivity contribution < 1.29 is 14.3 Å². The molecule has 2 amide bonds. The standard InChI is InChI=1S/C37H40N10O3/c1-24(2)50-31-11-8-28(20-38-31)33-34-29(41-42-33)9-10-30(40-34)47-19-15-37(36(47)49)14-18-45(22-37)21-32(48)46-16-12-26(13-17-46)25-4-6-27(7-5-25)35-39-23-44(3)43-35/h4-12,20,23-24H,13-19,21-22H2,1-3H3,(H,41,42). The Morgan fingerprint density at radius 3 is 2.50 bits per heavy atom. The van der Waals surface area contributed by atoms with Gasteiger partial charge in [0.15, 0.2) is 5.82 Å². The molecule has 1 spiro atoms. The predicted molar refractivity (Wildman–Crippen MR) is 189 cm³/mol. The molecule has 1 N–H and O–H groups in total. The first-order valence-corrected chi connectivity index (χ1v) is 17.2. The third-order valence-corrected chi connectivity index (χ3v) is 10.0. The highest BCUT2D eigenvalue weighted by Crippen LogP contribution is 2.42. The fraction of sp³-hybridized carbons (Fsp3) is 0.378. The molecule has 13 nitrogen and oxygen atoms in total. The van der Waals surface area contributed by atoms with Gasteiger partial charge in [-0.3, -0.25) is 29.2 Å². The van der Waals surface area contributed by atoms with Crippen LogP contribution in [-0.2, 0) is 16.6 Å². The van der Waals surface area contributed by atoms with E-state index in [4.69, 9.17) is 9.72 Å². The highest BCUT2D eigenvalue weighted by Gasteiger charge is 2.51. The molecule has 2 saturated heterocycles. The summed E-state index contributed by atoms with van der Waals surface area (Å²) in [5.74, 6) is 2.06. The summed E-state index contributed by atoms with van der Waals surface area (Å²) in [6.45, 7) is 7.39. The summed E-state index contributed by atoms with van der Waals surface area (Å²) in [4.78, 5) is 46.9. The van der Waals surface area contributed by atoms with E-state index in [2.05, 4.69) is 48.4 Å². The van der Waals surface area contributed by atoms with Crippen molar-refractivity contribution in [2.45, 2.75) is 39.2 Å². The zero-order chi connectivity index (χ0) is 34.4. The summed E-state index contributed by atoms with van der Waals surface area (Å²) in [6, 6.07) is 15.8. The molecule has 13 heteroatoms. The van der Waals surface area contributed by atoms with Gasteiger partial charge in [-0.15, -0.1) is 0 Å². The molecule has 1 atom stereocenters. The Hall–Kier alpha value is -5.43. The van der Waals surface area contributed by atoms with Crippen LogP contribution in [0.3, 0.4) is 0 Å². The number of pyridine rings is 2. The van der Waals surface area contributed by atoms with E-state index < -0.39 is 5.41 Å². The van der Waals surface area contributed by atoms with Gasteiger partial charge in [0.05, 0.1) is 23.6 Å².